The molecule has 2 heteroatoms. The van der Waals surface area contributed by atoms with Crippen LogP contribution in [0.25, 0.3) is 0 Å². The Morgan fingerprint density at radius 1 is 0.824 bits per heavy atom. The molecule has 0 bridgehead atoms. The molecule has 2 aromatic carbocycles. The molecule has 17 heavy (non-hydrogen) atoms. The number of halogens is 1. The Morgan fingerprint density at radius 3 is 1.71 bits per heavy atom. The van der Waals surface area contributed by atoms with Crippen molar-refractivity contribution in [2.45, 2.75) is 24.2 Å². The van der Waals surface area contributed by atoms with E-state index >= 15 is 0 Å². The van der Waals surface area contributed by atoms with E-state index < -0.39 is 0 Å². The lowest BCUT2D eigenvalue weighted by atomic mass is 9.78. The third-order valence-electron chi connectivity index (χ3n) is 3.15. The molecular weight excluding hydrogens is 248 g/mol. The first-order valence-electron chi connectivity index (χ1n) is 5.56. The molecule has 0 N–H and O–H groups in total. The van der Waals surface area contributed by atoms with Crippen molar-refractivity contribution < 1.29 is 0 Å². The van der Waals surface area contributed by atoms with Crippen molar-refractivity contribution in [3.05, 3.63) is 64.7 Å². The fraction of sp³-hybridized carbons (Fsp3) is 0.200. The standard InChI is InChI=1S/C15H15ClS/c1-15(2,11-3-7-13(16)8-4-11)12-5-9-14(17)10-6-12/h3-10,17H,1-2H3. The molecule has 0 radical (unpaired) electrons. The highest BCUT2D eigenvalue weighted by molar-refractivity contribution is 7.80. The van der Waals surface area contributed by atoms with Crippen LogP contribution in [0.3, 0.4) is 0 Å². The molecule has 0 unspecified atom stereocenters. The molecule has 0 amide bonds. The van der Waals surface area contributed by atoms with Crippen LogP contribution in [0.1, 0.15) is 25.0 Å². The van der Waals surface area contributed by atoms with Gasteiger partial charge in [0.05, 0.1) is 0 Å². The highest BCUT2D eigenvalue weighted by Gasteiger charge is 2.22. The third kappa shape index (κ3) is 2.67. The van der Waals surface area contributed by atoms with Gasteiger partial charge in [0.25, 0.3) is 0 Å². The maximum atomic E-state index is 5.92. The summed E-state index contributed by atoms with van der Waals surface area (Å²) in [5.41, 5.74) is 2.51. The summed E-state index contributed by atoms with van der Waals surface area (Å²) in [6, 6.07) is 16.3. The van der Waals surface area contributed by atoms with E-state index in [-0.39, 0.29) is 5.41 Å². The monoisotopic (exact) mass is 262 g/mol. The molecule has 2 aromatic rings. The lowest BCUT2D eigenvalue weighted by Gasteiger charge is -2.26. The van der Waals surface area contributed by atoms with Crippen LogP contribution in [0.2, 0.25) is 5.02 Å². The van der Waals surface area contributed by atoms with E-state index in [1.54, 1.807) is 0 Å². The molecule has 0 spiro atoms. The second-order valence-electron chi connectivity index (χ2n) is 4.68. The summed E-state index contributed by atoms with van der Waals surface area (Å²) < 4.78 is 0. The van der Waals surface area contributed by atoms with Gasteiger partial charge < -0.3 is 0 Å². The van der Waals surface area contributed by atoms with Crippen LogP contribution in [-0.4, -0.2) is 0 Å². The number of benzene rings is 2. The lowest BCUT2D eigenvalue weighted by Crippen LogP contribution is -2.18. The summed E-state index contributed by atoms with van der Waals surface area (Å²) in [6.07, 6.45) is 0. The summed E-state index contributed by atoms with van der Waals surface area (Å²) in [4.78, 5) is 0.987. The average Bonchev–Trinajstić information content (AvgIpc) is 2.30. The highest BCUT2D eigenvalue weighted by Crippen LogP contribution is 2.32. The molecule has 0 heterocycles. The van der Waals surface area contributed by atoms with Gasteiger partial charge >= 0.3 is 0 Å². The van der Waals surface area contributed by atoms with Gasteiger partial charge in [0, 0.05) is 15.3 Å². The van der Waals surface area contributed by atoms with Gasteiger partial charge in [-0.2, -0.15) is 0 Å². The first-order valence-corrected chi connectivity index (χ1v) is 6.38. The summed E-state index contributed by atoms with van der Waals surface area (Å²) in [5.74, 6) is 0. The van der Waals surface area contributed by atoms with Crippen molar-refractivity contribution >= 4 is 24.2 Å². The maximum Gasteiger partial charge on any atom is 0.0406 e. The molecule has 88 valence electrons. The molecule has 0 atom stereocenters. The van der Waals surface area contributed by atoms with Gasteiger partial charge in [-0.25, -0.2) is 0 Å². The van der Waals surface area contributed by atoms with Gasteiger partial charge in [-0.3, -0.25) is 0 Å². The van der Waals surface area contributed by atoms with E-state index in [1.807, 2.05) is 24.3 Å². The second-order valence-corrected chi connectivity index (χ2v) is 5.63. The zero-order valence-corrected chi connectivity index (χ0v) is 11.6. The topological polar surface area (TPSA) is 0 Å². The van der Waals surface area contributed by atoms with Crippen LogP contribution in [0, 0.1) is 0 Å². The van der Waals surface area contributed by atoms with E-state index in [0.29, 0.717) is 0 Å². The van der Waals surface area contributed by atoms with Crippen molar-refractivity contribution in [2.24, 2.45) is 0 Å². The Balaban J connectivity index is 2.41. The highest BCUT2D eigenvalue weighted by atomic mass is 35.5. The zero-order valence-electron chi connectivity index (χ0n) is 9.94. The predicted octanol–water partition coefficient (Wildman–Crippen LogP) is 4.95. The van der Waals surface area contributed by atoms with E-state index in [4.69, 9.17) is 11.6 Å². The molecule has 0 aliphatic rings. The van der Waals surface area contributed by atoms with Gasteiger partial charge in [0.2, 0.25) is 0 Å². The quantitative estimate of drug-likeness (QED) is 0.727. The fourth-order valence-corrected chi connectivity index (χ4v) is 2.19. The number of hydrogen-bond acceptors (Lipinski definition) is 1. The molecule has 0 aliphatic carbocycles. The number of thiol groups is 1. The normalized spacial score (nSPS) is 11.5. The second kappa shape index (κ2) is 4.75. The van der Waals surface area contributed by atoms with Crippen LogP contribution in [-0.2, 0) is 5.41 Å². The minimum atomic E-state index is -0.0218. The van der Waals surface area contributed by atoms with Gasteiger partial charge in [0.1, 0.15) is 0 Å². The molecule has 0 saturated carbocycles. The predicted molar refractivity (Wildman–Crippen MR) is 77.3 cm³/mol. The van der Waals surface area contributed by atoms with Gasteiger partial charge in [-0.1, -0.05) is 49.7 Å². The maximum absolute atomic E-state index is 5.92. The van der Waals surface area contributed by atoms with Crippen molar-refractivity contribution in [3.8, 4) is 0 Å². The summed E-state index contributed by atoms with van der Waals surface area (Å²) in [7, 11) is 0. The van der Waals surface area contributed by atoms with Crippen molar-refractivity contribution in [1.82, 2.24) is 0 Å². The van der Waals surface area contributed by atoms with Crippen LogP contribution < -0.4 is 0 Å². The number of hydrogen-bond donors (Lipinski definition) is 1. The van der Waals surface area contributed by atoms with Crippen LogP contribution >= 0.6 is 24.2 Å². The van der Waals surface area contributed by atoms with Gasteiger partial charge in [-0.05, 0) is 35.4 Å². The molecule has 0 fully saturated rings. The smallest absolute Gasteiger partial charge is 0.0406 e. The summed E-state index contributed by atoms with van der Waals surface area (Å²) in [5, 5.41) is 0.773. The van der Waals surface area contributed by atoms with E-state index in [0.717, 1.165) is 9.92 Å². The first kappa shape index (κ1) is 12.5. The third-order valence-corrected chi connectivity index (χ3v) is 3.71. The molecule has 0 aliphatic heterocycles. The lowest BCUT2D eigenvalue weighted by molar-refractivity contribution is 0.640. The molecule has 2 rings (SSSR count). The minimum Gasteiger partial charge on any atom is -0.143 e. The molecular formula is C15H15ClS. The fourth-order valence-electron chi connectivity index (χ4n) is 1.91. The minimum absolute atomic E-state index is 0.0218. The van der Waals surface area contributed by atoms with Gasteiger partial charge in [0.15, 0.2) is 0 Å². The van der Waals surface area contributed by atoms with E-state index in [2.05, 4.69) is 50.7 Å². The zero-order chi connectivity index (χ0) is 12.5. The summed E-state index contributed by atoms with van der Waals surface area (Å²) in [6.45, 7) is 4.42. The first-order chi connectivity index (χ1) is 8.00. The van der Waals surface area contributed by atoms with Crippen LogP contribution in [0.5, 0.6) is 0 Å². The summed E-state index contributed by atoms with van der Waals surface area (Å²) >= 11 is 10.2. The van der Waals surface area contributed by atoms with Crippen LogP contribution in [0.15, 0.2) is 53.4 Å². The molecule has 0 aromatic heterocycles. The molecule has 0 saturated heterocycles. The average molecular weight is 263 g/mol. The Bertz CT molecular complexity index is 450. The Labute approximate surface area is 113 Å². The van der Waals surface area contributed by atoms with Gasteiger partial charge in [-0.15, -0.1) is 12.6 Å². The Kier molecular flexibility index (Phi) is 3.50. The largest absolute Gasteiger partial charge is 0.143 e. The number of rotatable bonds is 2. The Hall–Kier alpha value is -0.920. The SMILES string of the molecule is CC(C)(c1ccc(S)cc1)c1ccc(Cl)cc1. The van der Waals surface area contributed by atoms with E-state index in [9.17, 15) is 0 Å². The van der Waals surface area contributed by atoms with E-state index in [1.165, 1.54) is 11.1 Å². The molecule has 0 nitrogen and oxygen atoms in total. The van der Waals surface area contributed by atoms with Crippen molar-refractivity contribution in [2.75, 3.05) is 0 Å². The van der Waals surface area contributed by atoms with Crippen molar-refractivity contribution in [3.63, 3.8) is 0 Å². The van der Waals surface area contributed by atoms with Crippen LogP contribution in [0.4, 0.5) is 0 Å². The Morgan fingerprint density at radius 2 is 1.24 bits per heavy atom. The van der Waals surface area contributed by atoms with Crippen molar-refractivity contribution in [1.29, 1.82) is 0 Å².